The van der Waals surface area contributed by atoms with Crippen molar-refractivity contribution < 1.29 is 14.0 Å². The lowest BCUT2D eigenvalue weighted by Gasteiger charge is -2.16. The van der Waals surface area contributed by atoms with Crippen molar-refractivity contribution in [1.82, 2.24) is 15.2 Å². The van der Waals surface area contributed by atoms with E-state index in [4.69, 9.17) is 4.42 Å². The Morgan fingerprint density at radius 1 is 1.31 bits per heavy atom. The SMILES string of the molecule is Cc1nc(-c2nnc(NC(=O)C3CC(=O)N(c4ccccc4)C3)o2)cs1. The second-order valence-electron chi connectivity index (χ2n) is 5.89. The summed E-state index contributed by atoms with van der Waals surface area (Å²) in [5.74, 6) is -0.625. The number of benzene rings is 1. The van der Waals surface area contributed by atoms with Crippen molar-refractivity contribution >= 4 is 34.9 Å². The number of carbonyl (C=O) groups is 2. The Kier molecular flexibility index (Phi) is 4.21. The van der Waals surface area contributed by atoms with Gasteiger partial charge < -0.3 is 9.32 Å². The molecule has 1 aliphatic rings. The maximum Gasteiger partial charge on any atom is 0.322 e. The number of hydrogen-bond donors (Lipinski definition) is 1. The van der Waals surface area contributed by atoms with E-state index < -0.39 is 5.92 Å². The van der Waals surface area contributed by atoms with E-state index in [1.807, 2.05) is 42.6 Å². The molecule has 1 saturated heterocycles. The molecule has 1 aromatic carbocycles. The number of amides is 2. The molecule has 3 aromatic rings. The Balaban J connectivity index is 1.43. The van der Waals surface area contributed by atoms with Gasteiger partial charge in [0.1, 0.15) is 5.69 Å². The first kappa shape index (κ1) is 16.4. The van der Waals surface area contributed by atoms with Crippen LogP contribution in [0.15, 0.2) is 40.1 Å². The summed E-state index contributed by atoms with van der Waals surface area (Å²) in [6.07, 6.45) is 0.146. The number of anilines is 2. The van der Waals surface area contributed by atoms with E-state index in [-0.39, 0.29) is 30.1 Å². The van der Waals surface area contributed by atoms with Crippen LogP contribution in [-0.4, -0.2) is 33.5 Å². The molecule has 9 heteroatoms. The molecule has 0 bridgehead atoms. The van der Waals surface area contributed by atoms with Gasteiger partial charge >= 0.3 is 6.01 Å². The minimum Gasteiger partial charge on any atom is -0.401 e. The van der Waals surface area contributed by atoms with Crippen LogP contribution in [0.5, 0.6) is 0 Å². The topological polar surface area (TPSA) is 101 Å². The first-order valence-corrected chi connectivity index (χ1v) is 8.90. The summed E-state index contributed by atoms with van der Waals surface area (Å²) < 4.78 is 5.44. The predicted octanol–water partition coefficient (Wildman–Crippen LogP) is 2.49. The minimum atomic E-state index is -0.473. The molecule has 2 aromatic heterocycles. The van der Waals surface area contributed by atoms with Crippen molar-refractivity contribution in [2.45, 2.75) is 13.3 Å². The van der Waals surface area contributed by atoms with Gasteiger partial charge in [-0.2, -0.15) is 0 Å². The Morgan fingerprint density at radius 3 is 2.85 bits per heavy atom. The lowest BCUT2D eigenvalue weighted by molar-refractivity contribution is -0.122. The highest BCUT2D eigenvalue weighted by molar-refractivity contribution is 7.09. The van der Waals surface area contributed by atoms with E-state index in [1.54, 1.807) is 4.90 Å². The molecule has 0 radical (unpaired) electrons. The Hall–Kier alpha value is -3.07. The monoisotopic (exact) mass is 369 g/mol. The van der Waals surface area contributed by atoms with Gasteiger partial charge in [0.2, 0.25) is 11.8 Å². The summed E-state index contributed by atoms with van der Waals surface area (Å²) in [7, 11) is 0. The zero-order valence-electron chi connectivity index (χ0n) is 13.9. The van der Waals surface area contributed by atoms with Gasteiger partial charge in [-0.05, 0) is 19.1 Å². The third-order valence-corrected chi connectivity index (χ3v) is 4.83. The largest absolute Gasteiger partial charge is 0.401 e. The lowest BCUT2D eigenvalue weighted by Crippen LogP contribution is -2.28. The second kappa shape index (κ2) is 6.68. The van der Waals surface area contributed by atoms with E-state index in [2.05, 4.69) is 20.5 Å². The normalized spacial score (nSPS) is 16.9. The number of aryl methyl sites for hydroxylation is 1. The average molecular weight is 369 g/mol. The molecule has 2 amide bonds. The number of hydrogen-bond acceptors (Lipinski definition) is 7. The zero-order chi connectivity index (χ0) is 18.1. The molecule has 0 aliphatic carbocycles. The van der Waals surface area contributed by atoms with Crippen molar-refractivity contribution in [1.29, 1.82) is 0 Å². The summed E-state index contributed by atoms with van der Waals surface area (Å²) in [5.41, 5.74) is 1.36. The number of para-hydroxylation sites is 1. The van der Waals surface area contributed by atoms with Crippen LogP contribution in [0, 0.1) is 12.8 Å². The summed E-state index contributed by atoms with van der Waals surface area (Å²) >= 11 is 1.47. The number of aromatic nitrogens is 3. The van der Waals surface area contributed by atoms with E-state index in [9.17, 15) is 9.59 Å². The summed E-state index contributed by atoms with van der Waals surface area (Å²) in [6.45, 7) is 2.20. The first-order valence-electron chi connectivity index (χ1n) is 8.02. The van der Waals surface area contributed by atoms with Crippen molar-refractivity contribution in [3.8, 4) is 11.6 Å². The maximum atomic E-state index is 12.5. The van der Waals surface area contributed by atoms with Crippen molar-refractivity contribution in [3.05, 3.63) is 40.7 Å². The summed E-state index contributed by atoms with van der Waals surface area (Å²) in [5, 5.41) is 13.0. The molecule has 1 fully saturated rings. The third-order valence-electron chi connectivity index (χ3n) is 4.06. The molecular formula is C17H15N5O3S. The maximum absolute atomic E-state index is 12.5. The van der Waals surface area contributed by atoms with E-state index in [1.165, 1.54) is 11.3 Å². The van der Waals surface area contributed by atoms with Gasteiger partial charge in [0, 0.05) is 24.0 Å². The highest BCUT2D eigenvalue weighted by Crippen LogP contribution is 2.26. The van der Waals surface area contributed by atoms with Crippen LogP contribution in [0.2, 0.25) is 0 Å². The molecule has 1 aliphatic heterocycles. The molecule has 3 heterocycles. The predicted molar refractivity (Wildman–Crippen MR) is 95.7 cm³/mol. The van der Waals surface area contributed by atoms with E-state index in [0.29, 0.717) is 12.2 Å². The van der Waals surface area contributed by atoms with Crippen LogP contribution >= 0.6 is 11.3 Å². The van der Waals surface area contributed by atoms with Crippen LogP contribution in [-0.2, 0) is 9.59 Å². The van der Waals surface area contributed by atoms with Crippen LogP contribution in [0.3, 0.4) is 0 Å². The van der Waals surface area contributed by atoms with Gasteiger partial charge in [0.15, 0.2) is 0 Å². The zero-order valence-corrected chi connectivity index (χ0v) is 14.7. The average Bonchev–Trinajstić information content (AvgIpc) is 3.35. The summed E-state index contributed by atoms with van der Waals surface area (Å²) in [4.78, 5) is 30.6. The Bertz CT molecular complexity index is 952. The highest BCUT2D eigenvalue weighted by Gasteiger charge is 2.35. The van der Waals surface area contributed by atoms with Crippen LogP contribution in [0.25, 0.3) is 11.6 Å². The van der Waals surface area contributed by atoms with Crippen LogP contribution in [0.4, 0.5) is 11.7 Å². The second-order valence-corrected chi connectivity index (χ2v) is 6.96. The van der Waals surface area contributed by atoms with Gasteiger partial charge in [-0.25, -0.2) is 4.98 Å². The molecule has 8 nitrogen and oxygen atoms in total. The number of nitrogens with zero attached hydrogens (tertiary/aromatic N) is 4. The van der Waals surface area contributed by atoms with Crippen molar-refractivity contribution in [2.75, 3.05) is 16.8 Å². The number of thiazole rings is 1. The van der Waals surface area contributed by atoms with Gasteiger partial charge in [-0.1, -0.05) is 23.3 Å². The van der Waals surface area contributed by atoms with Gasteiger partial charge in [0.05, 0.1) is 10.9 Å². The molecule has 26 heavy (non-hydrogen) atoms. The fraction of sp³-hybridized carbons (Fsp3) is 0.235. The van der Waals surface area contributed by atoms with Gasteiger partial charge in [-0.15, -0.1) is 16.4 Å². The first-order chi connectivity index (χ1) is 12.6. The molecule has 4 rings (SSSR count). The standard InChI is InChI=1S/C17H15N5O3S/c1-10-18-13(9-26-10)16-20-21-17(25-16)19-15(24)11-7-14(23)22(8-11)12-5-3-2-4-6-12/h2-6,9,11H,7-8H2,1H3,(H,19,21,24). The summed E-state index contributed by atoms with van der Waals surface area (Å²) in [6, 6.07) is 9.29. The van der Waals surface area contributed by atoms with Crippen LogP contribution < -0.4 is 10.2 Å². The molecular weight excluding hydrogens is 354 g/mol. The molecule has 132 valence electrons. The van der Waals surface area contributed by atoms with Crippen molar-refractivity contribution in [3.63, 3.8) is 0 Å². The minimum absolute atomic E-state index is 0.00117. The molecule has 0 spiro atoms. The highest BCUT2D eigenvalue weighted by atomic mass is 32.1. The molecule has 1 atom stereocenters. The number of carbonyl (C=O) groups excluding carboxylic acids is 2. The fourth-order valence-electron chi connectivity index (χ4n) is 2.79. The van der Waals surface area contributed by atoms with E-state index in [0.717, 1.165) is 10.7 Å². The van der Waals surface area contributed by atoms with Crippen LogP contribution in [0.1, 0.15) is 11.4 Å². The van der Waals surface area contributed by atoms with E-state index >= 15 is 0 Å². The van der Waals surface area contributed by atoms with Gasteiger partial charge in [0.25, 0.3) is 5.89 Å². The quantitative estimate of drug-likeness (QED) is 0.758. The van der Waals surface area contributed by atoms with Crippen molar-refractivity contribution in [2.24, 2.45) is 5.92 Å². The number of nitrogens with one attached hydrogen (secondary N) is 1. The van der Waals surface area contributed by atoms with Gasteiger partial charge in [-0.3, -0.25) is 14.9 Å². The third kappa shape index (κ3) is 3.21. The number of rotatable bonds is 4. The molecule has 1 unspecified atom stereocenters. The Labute approximate surface area is 152 Å². The smallest absolute Gasteiger partial charge is 0.322 e. The Morgan fingerprint density at radius 2 is 2.12 bits per heavy atom. The molecule has 1 N–H and O–H groups in total. The molecule has 0 saturated carbocycles. The fourth-order valence-corrected chi connectivity index (χ4v) is 3.37. The lowest BCUT2D eigenvalue weighted by atomic mass is 10.1.